The molecule has 1 rings (SSSR count). The van der Waals surface area contributed by atoms with Crippen LogP contribution < -0.4 is 0 Å². The van der Waals surface area contributed by atoms with Crippen molar-refractivity contribution in [2.75, 3.05) is 19.7 Å². The molecule has 1 N–H and O–H groups in total. The molecular formula is C9H16N2O. The third-order valence-corrected chi connectivity index (χ3v) is 2.18. The molecule has 3 nitrogen and oxygen atoms in total. The second-order valence-corrected chi connectivity index (χ2v) is 3.48. The highest BCUT2D eigenvalue weighted by Gasteiger charge is 2.29. The van der Waals surface area contributed by atoms with Gasteiger partial charge < -0.3 is 5.11 Å². The van der Waals surface area contributed by atoms with Gasteiger partial charge in [0.25, 0.3) is 0 Å². The van der Waals surface area contributed by atoms with Crippen LogP contribution in [0.4, 0.5) is 0 Å². The van der Waals surface area contributed by atoms with Gasteiger partial charge in [0.2, 0.25) is 0 Å². The lowest BCUT2D eigenvalue weighted by Crippen LogP contribution is -2.32. The Bertz CT molecular complexity index is 172. The highest BCUT2D eigenvalue weighted by Crippen LogP contribution is 2.26. The fraction of sp³-hybridized carbons (Fsp3) is 0.889. The third-order valence-electron chi connectivity index (χ3n) is 2.18. The van der Waals surface area contributed by atoms with Gasteiger partial charge in [-0.1, -0.05) is 0 Å². The molecule has 1 aliphatic carbocycles. The first kappa shape index (κ1) is 9.50. The van der Waals surface area contributed by atoms with E-state index in [1.54, 1.807) is 0 Å². The predicted molar refractivity (Wildman–Crippen MR) is 46.5 cm³/mol. The molecule has 1 unspecified atom stereocenters. The quantitative estimate of drug-likeness (QED) is 0.654. The first-order valence-electron chi connectivity index (χ1n) is 4.52. The SMILES string of the molecule is CC(C#N)CN(CCO)C1CC1. The van der Waals surface area contributed by atoms with Gasteiger partial charge >= 0.3 is 0 Å². The van der Waals surface area contributed by atoms with E-state index in [-0.39, 0.29) is 12.5 Å². The van der Waals surface area contributed by atoms with Crippen LogP contribution in [0.5, 0.6) is 0 Å². The minimum absolute atomic E-state index is 0.0807. The zero-order chi connectivity index (χ0) is 8.97. The smallest absolute Gasteiger partial charge is 0.0666 e. The third kappa shape index (κ3) is 2.80. The maximum Gasteiger partial charge on any atom is 0.0666 e. The van der Waals surface area contributed by atoms with Crippen LogP contribution in [0.2, 0.25) is 0 Å². The number of aliphatic hydroxyl groups excluding tert-OH is 1. The first-order chi connectivity index (χ1) is 5.77. The van der Waals surface area contributed by atoms with E-state index >= 15 is 0 Å². The molecule has 1 saturated carbocycles. The fourth-order valence-electron chi connectivity index (χ4n) is 1.38. The molecule has 0 radical (unpaired) electrons. The Morgan fingerprint density at radius 3 is 2.75 bits per heavy atom. The molecule has 0 heterocycles. The van der Waals surface area contributed by atoms with Gasteiger partial charge in [-0.25, -0.2) is 0 Å². The highest BCUT2D eigenvalue weighted by molar-refractivity contribution is 4.89. The number of hydrogen-bond acceptors (Lipinski definition) is 3. The van der Waals surface area contributed by atoms with Crippen molar-refractivity contribution in [1.82, 2.24) is 4.90 Å². The van der Waals surface area contributed by atoms with E-state index in [0.717, 1.165) is 13.1 Å². The molecule has 0 bridgehead atoms. The van der Waals surface area contributed by atoms with Crippen molar-refractivity contribution in [3.63, 3.8) is 0 Å². The first-order valence-corrected chi connectivity index (χ1v) is 4.52. The van der Waals surface area contributed by atoms with Gasteiger partial charge in [-0.05, 0) is 19.8 Å². The summed E-state index contributed by atoms with van der Waals surface area (Å²) in [7, 11) is 0. The second-order valence-electron chi connectivity index (χ2n) is 3.48. The standard InChI is InChI=1S/C9H16N2O/c1-8(6-10)7-11(4-5-12)9-2-3-9/h8-9,12H,2-5,7H2,1H3. The van der Waals surface area contributed by atoms with Gasteiger partial charge in [0.05, 0.1) is 18.6 Å². The van der Waals surface area contributed by atoms with Crippen molar-refractivity contribution in [2.45, 2.75) is 25.8 Å². The Morgan fingerprint density at radius 2 is 2.33 bits per heavy atom. The van der Waals surface area contributed by atoms with Crippen LogP contribution in [0.1, 0.15) is 19.8 Å². The van der Waals surface area contributed by atoms with Gasteiger partial charge in [0, 0.05) is 19.1 Å². The van der Waals surface area contributed by atoms with Gasteiger partial charge in [0.15, 0.2) is 0 Å². The van der Waals surface area contributed by atoms with Crippen LogP contribution in [-0.2, 0) is 0 Å². The number of hydrogen-bond donors (Lipinski definition) is 1. The summed E-state index contributed by atoms with van der Waals surface area (Å²) in [5, 5.41) is 17.4. The van der Waals surface area contributed by atoms with E-state index in [2.05, 4.69) is 11.0 Å². The predicted octanol–water partition coefficient (Wildman–Crippen LogP) is 0.603. The van der Waals surface area contributed by atoms with Crippen LogP contribution in [0, 0.1) is 17.2 Å². The normalized spacial score (nSPS) is 19.2. The Balaban J connectivity index is 2.28. The number of aliphatic hydroxyl groups is 1. The van der Waals surface area contributed by atoms with E-state index in [1.165, 1.54) is 12.8 Å². The summed E-state index contributed by atoms with van der Waals surface area (Å²) in [4.78, 5) is 2.22. The van der Waals surface area contributed by atoms with E-state index in [9.17, 15) is 0 Å². The van der Waals surface area contributed by atoms with Crippen LogP contribution in [0.15, 0.2) is 0 Å². The lowest BCUT2D eigenvalue weighted by molar-refractivity contribution is 0.180. The van der Waals surface area contributed by atoms with Gasteiger partial charge in [0.1, 0.15) is 0 Å². The Kier molecular flexibility index (Phi) is 3.51. The minimum Gasteiger partial charge on any atom is -0.395 e. The molecule has 0 amide bonds. The van der Waals surface area contributed by atoms with Gasteiger partial charge in [-0.2, -0.15) is 5.26 Å². The molecule has 3 heteroatoms. The van der Waals surface area contributed by atoms with Crippen LogP contribution in [0.25, 0.3) is 0 Å². The van der Waals surface area contributed by atoms with Crippen molar-refractivity contribution >= 4 is 0 Å². The lowest BCUT2D eigenvalue weighted by Gasteiger charge is -2.21. The van der Waals surface area contributed by atoms with Gasteiger partial charge in [-0.3, -0.25) is 4.90 Å². The molecule has 0 aromatic carbocycles. The summed E-state index contributed by atoms with van der Waals surface area (Å²) in [6.45, 7) is 3.65. The van der Waals surface area contributed by atoms with E-state index in [1.807, 2.05) is 6.92 Å². The minimum atomic E-state index is 0.0807. The molecule has 68 valence electrons. The zero-order valence-electron chi connectivity index (χ0n) is 7.53. The molecule has 1 aliphatic rings. The molecule has 0 spiro atoms. The Hall–Kier alpha value is -0.590. The van der Waals surface area contributed by atoms with Crippen LogP contribution in [-0.4, -0.2) is 35.7 Å². The van der Waals surface area contributed by atoms with Gasteiger partial charge in [-0.15, -0.1) is 0 Å². The second kappa shape index (κ2) is 4.44. The van der Waals surface area contributed by atoms with Crippen molar-refractivity contribution in [1.29, 1.82) is 5.26 Å². The monoisotopic (exact) mass is 168 g/mol. The molecule has 0 aromatic rings. The maximum atomic E-state index is 8.77. The van der Waals surface area contributed by atoms with Crippen molar-refractivity contribution in [3.05, 3.63) is 0 Å². The lowest BCUT2D eigenvalue weighted by atomic mass is 10.2. The summed E-state index contributed by atoms with van der Waals surface area (Å²) in [6, 6.07) is 2.86. The summed E-state index contributed by atoms with van der Waals surface area (Å²) in [6.07, 6.45) is 2.47. The topological polar surface area (TPSA) is 47.3 Å². The van der Waals surface area contributed by atoms with Crippen LogP contribution >= 0.6 is 0 Å². The maximum absolute atomic E-state index is 8.77. The Labute approximate surface area is 73.6 Å². The molecule has 1 fully saturated rings. The van der Waals surface area contributed by atoms with Crippen molar-refractivity contribution in [2.24, 2.45) is 5.92 Å². The fourth-order valence-corrected chi connectivity index (χ4v) is 1.38. The molecule has 12 heavy (non-hydrogen) atoms. The number of rotatable bonds is 5. The summed E-state index contributed by atoms with van der Waals surface area (Å²) in [5.41, 5.74) is 0. The molecule has 0 aliphatic heterocycles. The van der Waals surface area contributed by atoms with E-state index < -0.39 is 0 Å². The highest BCUT2D eigenvalue weighted by atomic mass is 16.3. The summed E-state index contributed by atoms with van der Waals surface area (Å²) >= 11 is 0. The number of nitriles is 1. The molecule has 1 atom stereocenters. The molecule has 0 aromatic heterocycles. The molecular weight excluding hydrogens is 152 g/mol. The summed E-state index contributed by atoms with van der Waals surface area (Å²) < 4.78 is 0. The molecule has 0 saturated heterocycles. The number of nitrogens with zero attached hydrogens (tertiary/aromatic N) is 2. The summed E-state index contributed by atoms with van der Waals surface area (Å²) in [5.74, 6) is 0.0807. The van der Waals surface area contributed by atoms with Crippen molar-refractivity contribution < 1.29 is 5.11 Å². The van der Waals surface area contributed by atoms with Crippen molar-refractivity contribution in [3.8, 4) is 6.07 Å². The van der Waals surface area contributed by atoms with E-state index in [0.29, 0.717) is 6.04 Å². The zero-order valence-corrected chi connectivity index (χ0v) is 7.53. The largest absolute Gasteiger partial charge is 0.395 e. The Morgan fingerprint density at radius 1 is 1.67 bits per heavy atom. The van der Waals surface area contributed by atoms with Crippen LogP contribution in [0.3, 0.4) is 0 Å². The average molecular weight is 168 g/mol. The average Bonchev–Trinajstić information content (AvgIpc) is 2.86. The van der Waals surface area contributed by atoms with E-state index in [4.69, 9.17) is 10.4 Å².